The Kier molecular flexibility index (Phi) is 3.66. The molecule has 20 heavy (non-hydrogen) atoms. The van der Waals surface area contributed by atoms with E-state index in [1.807, 2.05) is 6.92 Å². The number of carboxylic acids is 1. The molecule has 0 fully saturated rings. The summed E-state index contributed by atoms with van der Waals surface area (Å²) in [6.45, 7) is 1.82. The molecule has 2 rings (SSSR count). The van der Waals surface area contributed by atoms with Crippen LogP contribution < -0.4 is 4.18 Å². The quantitative estimate of drug-likeness (QED) is 0.845. The number of aromatic carboxylic acids is 1. The minimum atomic E-state index is -4.06. The van der Waals surface area contributed by atoms with Crippen LogP contribution in [0.5, 0.6) is 5.88 Å². The zero-order valence-electron chi connectivity index (χ0n) is 10.3. The molecule has 0 aliphatic carbocycles. The van der Waals surface area contributed by atoms with E-state index < -0.39 is 16.1 Å². The average Bonchev–Trinajstić information content (AvgIpc) is 2.39. The van der Waals surface area contributed by atoms with E-state index in [-0.39, 0.29) is 16.5 Å². The van der Waals surface area contributed by atoms with Crippen molar-refractivity contribution >= 4 is 16.1 Å². The maximum absolute atomic E-state index is 12.0. The van der Waals surface area contributed by atoms with Gasteiger partial charge in [-0.3, -0.25) is 0 Å². The van der Waals surface area contributed by atoms with Crippen molar-refractivity contribution in [2.75, 3.05) is 0 Å². The summed E-state index contributed by atoms with van der Waals surface area (Å²) in [5, 5.41) is 8.76. The van der Waals surface area contributed by atoms with E-state index in [9.17, 15) is 13.2 Å². The van der Waals surface area contributed by atoms with E-state index >= 15 is 0 Å². The molecule has 2 aromatic rings. The number of aryl methyl sites for hydroxylation is 1. The molecule has 0 aliphatic rings. The van der Waals surface area contributed by atoms with Crippen molar-refractivity contribution < 1.29 is 22.5 Å². The van der Waals surface area contributed by atoms with Crippen LogP contribution in [0.15, 0.2) is 41.6 Å². The van der Waals surface area contributed by atoms with Gasteiger partial charge in [-0.15, -0.1) is 0 Å². The zero-order chi connectivity index (χ0) is 14.8. The number of carboxylic acid groups (broad SMARTS) is 1. The van der Waals surface area contributed by atoms with Gasteiger partial charge in [0.05, 0.1) is 0 Å². The van der Waals surface area contributed by atoms with Crippen LogP contribution in [0.2, 0.25) is 0 Å². The summed E-state index contributed by atoms with van der Waals surface area (Å²) < 4.78 is 28.7. The van der Waals surface area contributed by atoms with Crippen molar-refractivity contribution in [2.24, 2.45) is 0 Å². The second kappa shape index (κ2) is 5.25. The predicted octanol–water partition coefficient (Wildman–Crippen LogP) is 1.25. The number of nitrogens with zero attached hydrogens (tertiary/aromatic N) is 2. The summed E-state index contributed by atoms with van der Waals surface area (Å²) >= 11 is 0. The summed E-state index contributed by atoms with van der Waals surface area (Å²) in [5.74, 6) is -1.65. The zero-order valence-corrected chi connectivity index (χ0v) is 11.2. The third-order valence-electron chi connectivity index (χ3n) is 2.37. The molecule has 8 heteroatoms. The van der Waals surface area contributed by atoms with Gasteiger partial charge in [-0.05, 0) is 19.1 Å². The van der Waals surface area contributed by atoms with Gasteiger partial charge in [0.25, 0.3) is 0 Å². The summed E-state index contributed by atoms with van der Waals surface area (Å²) in [5.41, 5.74) is 0.549. The first-order chi connectivity index (χ1) is 9.38. The van der Waals surface area contributed by atoms with Gasteiger partial charge >= 0.3 is 16.1 Å². The Morgan fingerprint density at radius 2 is 1.85 bits per heavy atom. The highest BCUT2D eigenvalue weighted by Gasteiger charge is 2.18. The maximum atomic E-state index is 12.0. The lowest BCUT2D eigenvalue weighted by Crippen LogP contribution is -2.11. The second-order valence-electron chi connectivity index (χ2n) is 3.90. The average molecular weight is 294 g/mol. The monoisotopic (exact) mass is 294 g/mol. The van der Waals surface area contributed by atoms with E-state index in [0.717, 1.165) is 18.0 Å². The lowest BCUT2D eigenvalue weighted by molar-refractivity contribution is 0.0689. The Labute approximate surface area is 115 Å². The van der Waals surface area contributed by atoms with Gasteiger partial charge in [0, 0.05) is 6.07 Å². The smallest absolute Gasteiger partial charge is 0.354 e. The molecular formula is C12H10N2O5S. The Hall–Kier alpha value is -2.48. The number of benzene rings is 1. The summed E-state index contributed by atoms with van der Waals surface area (Å²) in [4.78, 5) is 17.7. The molecule has 1 aromatic heterocycles. The number of rotatable bonds is 4. The van der Waals surface area contributed by atoms with Gasteiger partial charge in [0.15, 0.2) is 5.69 Å². The Morgan fingerprint density at radius 3 is 2.45 bits per heavy atom. The molecule has 0 radical (unpaired) electrons. The normalized spacial score (nSPS) is 11.1. The van der Waals surface area contributed by atoms with Crippen molar-refractivity contribution in [3.05, 3.63) is 47.9 Å². The van der Waals surface area contributed by atoms with Crippen molar-refractivity contribution in [3.8, 4) is 5.88 Å². The van der Waals surface area contributed by atoms with Crippen LogP contribution in [-0.4, -0.2) is 29.5 Å². The van der Waals surface area contributed by atoms with E-state index in [4.69, 9.17) is 9.29 Å². The van der Waals surface area contributed by atoms with Crippen LogP contribution in [0.25, 0.3) is 0 Å². The van der Waals surface area contributed by atoms with Crippen LogP contribution in [0.1, 0.15) is 16.1 Å². The highest BCUT2D eigenvalue weighted by Crippen LogP contribution is 2.17. The fourth-order valence-corrected chi connectivity index (χ4v) is 2.25. The standard InChI is InChI=1S/C12H10N2O5S/c1-8-2-4-9(5-3-8)20(17,18)19-11-6-10(12(15)16)13-7-14-11/h2-7H,1H3,(H,15,16). The van der Waals surface area contributed by atoms with Crippen molar-refractivity contribution in [1.29, 1.82) is 0 Å². The number of carbonyl (C=O) groups is 1. The minimum Gasteiger partial charge on any atom is -0.477 e. The molecule has 1 heterocycles. The SMILES string of the molecule is Cc1ccc(S(=O)(=O)Oc2cc(C(=O)O)ncn2)cc1. The predicted molar refractivity (Wildman–Crippen MR) is 68.0 cm³/mol. The molecule has 0 unspecified atom stereocenters. The first-order valence-corrected chi connectivity index (χ1v) is 6.86. The summed E-state index contributed by atoms with van der Waals surface area (Å²) in [7, 11) is -4.06. The van der Waals surface area contributed by atoms with Crippen LogP contribution in [0.4, 0.5) is 0 Å². The first-order valence-electron chi connectivity index (χ1n) is 5.45. The number of aromatic nitrogens is 2. The minimum absolute atomic E-state index is 0.0430. The summed E-state index contributed by atoms with van der Waals surface area (Å²) in [6.07, 6.45) is 0.920. The lowest BCUT2D eigenvalue weighted by atomic mass is 10.2. The van der Waals surface area contributed by atoms with Gasteiger partial charge in [0.2, 0.25) is 5.88 Å². The van der Waals surface area contributed by atoms with Gasteiger partial charge in [-0.25, -0.2) is 14.8 Å². The van der Waals surface area contributed by atoms with E-state index in [2.05, 4.69) is 9.97 Å². The molecule has 0 aliphatic heterocycles. The molecule has 1 N–H and O–H groups in total. The Bertz CT molecular complexity index is 741. The van der Waals surface area contributed by atoms with E-state index in [1.165, 1.54) is 12.1 Å². The third-order valence-corrected chi connectivity index (χ3v) is 3.61. The highest BCUT2D eigenvalue weighted by atomic mass is 32.2. The van der Waals surface area contributed by atoms with Crippen molar-refractivity contribution in [2.45, 2.75) is 11.8 Å². The van der Waals surface area contributed by atoms with Gasteiger partial charge < -0.3 is 9.29 Å². The molecule has 0 saturated carbocycles. The van der Waals surface area contributed by atoms with Gasteiger partial charge in [0.1, 0.15) is 11.2 Å². The number of hydrogen-bond acceptors (Lipinski definition) is 6. The van der Waals surface area contributed by atoms with Crippen LogP contribution in [0, 0.1) is 6.92 Å². The fourth-order valence-electron chi connectivity index (χ4n) is 1.37. The first kappa shape index (κ1) is 13.9. The Balaban J connectivity index is 2.31. The molecule has 7 nitrogen and oxygen atoms in total. The Morgan fingerprint density at radius 1 is 1.20 bits per heavy atom. The molecule has 1 aromatic carbocycles. The molecule has 0 amide bonds. The summed E-state index contributed by atoms with van der Waals surface area (Å²) in [6, 6.07) is 6.97. The fraction of sp³-hybridized carbons (Fsp3) is 0.0833. The van der Waals surface area contributed by atoms with Crippen LogP contribution in [0.3, 0.4) is 0 Å². The van der Waals surface area contributed by atoms with Gasteiger partial charge in [-0.1, -0.05) is 17.7 Å². The van der Waals surface area contributed by atoms with Gasteiger partial charge in [-0.2, -0.15) is 8.42 Å². The molecule has 0 bridgehead atoms. The molecule has 104 valence electrons. The topological polar surface area (TPSA) is 106 Å². The maximum Gasteiger partial charge on any atom is 0.354 e. The van der Waals surface area contributed by atoms with E-state index in [1.54, 1.807) is 12.1 Å². The number of hydrogen-bond donors (Lipinski definition) is 1. The van der Waals surface area contributed by atoms with Crippen molar-refractivity contribution in [3.63, 3.8) is 0 Å². The third kappa shape index (κ3) is 3.09. The van der Waals surface area contributed by atoms with Crippen molar-refractivity contribution in [1.82, 2.24) is 9.97 Å². The lowest BCUT2D eigenvalue weighted by Gasteiger charge is -2.06. The van der Waals surface area contributed by atoms with Crippen LogP contribution in [-0.2, 0) is 10.1 Å². The highest BCUT2D eigenvalue weighted by molar-refractivity contribution is 7.87. The van der Waals surface area contributed by atoms with Crippen LogP contribution >= 0.6 is 0 Å². The largest absolute Gasteiger partial charge is 0.477 e. The second-order valence-corrected chi connectivity index (χ2v) is 5.44. The van der Waals surface area contributed by atoms with E-state index in [0.29, 0.717) is 0 Å². The molecule has 0 atom stereocenters. The molecule has 0 spiro atoms. The molecular weight excluding hydrogens is 284 g/mol. The molecule has 0 saturated heterocycles.